The van der Waals surface area contributed by atoms with E-state index in [4.69, 9.17) is 0 Å². The number of aliphatic hydroxyl groups is 1. The average molecular weight is 310 g/mol. The van der Waals surface area contributed by atoms with Crippen LogP contribution in [-0.2, 0) is 5.41 Å². The smallest absolute Gasteiger partial charge is 0.0704 e. The Morgan fingerprint density at radius 3 is 2.91 bits per heavy atom. The first-order valence-electron chi connectivity index (χ1n) is 9.44. The highest BCUT2D eigenvalue weighted by Crippen LogP contribution is 2.67. The van der Waals surface area contributed by atoms with Crippen molar-refractivity contribution in [2.45, 2.75) is 55.8 Å². The lowest BCUT2D eigenvalue weighted by Crippen LogP contribution is -2.69. The lowest BCUT2D eigenvalue weighted by molar-refractivity contribution is -0.100. The highest BCUT2D eigenvalue weighted by Gasteiger charge is 2.74. The molecule has 1 saturated carbocycles. The normalized spacial score (nSPS) is 54.5. The summed E-state index contributed by atoms with van der Waals surface area (Å²) in [5.41, 5.74) is 2.81. The van der Waals surface area contributed by atoms with E-state index in [1.54, 1.807) is 0 Å². The van der Waals surface area contributed by atoms with Crippen molar-refractivity contribution in [1.82, 2.24) is 4.90 Å². The third-order valence-corrected chi connectivity index (χ3v) is 8.41. The molecule has 0 radical (unpaired) electrons. The molecule has 1 N–H and O–H groups in total. The van der Waals surface area contributed by atoms with Gasteiger partial charge < -0.3 is 10.0 Å². The standard InChI is InChI=1S/C20H26N2O/c1-3-11-10-22-15-8-12(11)17-16(22)9-20(19(17)23)13-6-4-5-7-14(13)21(2)18(15)20/h4-7,11-12,15-19,23H,3,8-10H2,1-2H3/t11-,12+,15+,16?,17?,18+,19+,20-/m1/s1. The van der Waals surface area contributed by atoms with Crippen molar-refractivity contribution in [3.63, 3.8) is 0 Å². The topological polar surface area (TPSA) is 26.7 Å². The number of anilines is 1. The summed E-state index contributed by atoms with van der Waals surface area (Å²) in [5.74, 6) is 2.06. The quantitative estimate of drug-likeness (QED) is 0.862. The van der Waals surface area contributed by atoms with Crippen molar-refractivity contribution in [1.29, 1.82) is 0 Å². The fraction of sp³-hybridized carbons (Fsp3) is 0.700. The van der Waals surface area contributed by atoms with E-state index in [9.17, 15) is 5.11 Å². The first-order valence-corrected chi connectivity index (χ1v) is 9.44. The summed E-state index contributed by atoms with van der Waals surface area (Å²) in [4.78, 5) is 5.34. The van der Waals surface area contributed by atoms with Gasteiger partial charge >= 0.3 is 0 Å². The van der Waals surface area contributed by atoms with Crippen molar-refractivity contribution in [2.24, 2.45) is 17.8 Å². The molecule has 5 bridgehead atoms. The number of hydrogen-bond acceptors (Lipinski definition) is 3. The van der Waals surface area contributed by atoms with Crippen molar-refractivity contribution in [3.05, 3.63) is 29.8 Å². The molecule has 1 aromatic rings. The minimum atomic E-state index is -0.155. The second-order valence-corrected chi connectivity index (χ2v) is 8.74. The maximum atomic E-state index is 11.6. The van der Waals surface area contributed by atoms with E-state index < -0.39 is 0 Å². The van der Waals surface area contributed by atoms with Gasteiger partial charge in [-0.1, -0.05) is 31.5 Å². The average Bonchev–Trinajstić information content (AvgIpc) is 2.98. The molecule has 1 aromatic carbocycles. The molecule has 1 spiro atoms. The van der Waals surface area contributed by atoms with Crippen molar-refractivity contribution in [2.75, 3.05) is 18.5 Å². The summed E-state index contributed by atoms with van der Waals surface area (Å²) in [5, 5.41) is 11.6. The van der Waals surface area contributed by atoms with Crippen molar-refractivity contribution >= 4 is 5.69 Å². The van der Waals surface area contributed by atoms with Crippen LogP contribution in [0.5, 0.6) is 0 Å². The Labute approximate surface area is 138 Å². The first kappa shape index (κ1) is 13.3. The Morgan fingerprint density at radius 1 is 1.26 bits per heavy atom. The second-order valence-electron chi connectivity index (χ2n) is 8.74. The first-order chi connectivity index (χ1) is 11.2. The Morgan fingerprint density at radius 2 is 2.09 bits per heavy atom. The molecule has 5 heterocycles. The van der Waals surface area contributed by atoms with Crippen LogP contribution in [0.2, 0.25) is 0 Å². The number of nitrogens with zero attached hydrogens (tertiary/aromatic N) is 2. The predicted octanol–water partition coefficient (Wildman–Crippen LogP) is 2.24. The number of hydrogen-bond donors (Lipinski definition) is 1. The Bertz CT molecular complexity index is 690. The Kier molecular flexibility index (Phi) is 2.27. The summed E-state index contributed by atoms with van der Waals surface area (Å²) < 4.78 is 0. The van der Waals surface area contributed by atoms with Crippen LogP contribution in [0.4, 0.5) is 5.69 Å². The third-order valence-electron chi connectivity index (χ3n) is 8.41. The maximum absolute atomic E-state index is 11.6. The Balaban J connectivity index is 1.59. The zero-order chi connectivity index (χ0) is 15.5. The molecule has 6 aliphatic rings. The molecule has 0 aromatic heterocycles. The van der Waals surface area contributed by atoms with Crippen LogP contribution in [0, 0.1) is 17.8 Å². The van der Waals surface area contributed by atoms with Gasteiger partial charge in [0.1, 0.15) is 0 Å². The minimum Gasteiger partial charge on any atom is -0.392 e. The molecular weight excluding hydrogens is 284 g/mol. The van der Waals surface area contributed by atoms with E-state index in [0.29, 0.717) is 24.0 Å². The number of piperidine rings is 4. The van der Waals surface area contributed by atoms with Gasteiger partial charge in [0.25, 0.3) is 0 Å². The SMILES string of the molecule is CC[C@@H]1CN2C3C[C@@]45c6ccccc6N(C)[C@H]4[C@@H]2C[C@@H]1C3[C@@H]5O. The summed E-state index contributed by atoms with van der Waals surface area (Å²) in [6.45, 7) is 3.62. The van der Waals surface area contributed by atoms with Crippen LogP contribution in [-0.4, -0.2) is 47.8 Å². The van der Waals surface area contributed by atoms with Gasteiger partial charge in [-0.3, -0.25) is 4.90 Å². The minimum absolute atomic E-state index is 0.000769. The highest BCUT2D eigenvalue weighted by molar-refractivity contribution is 5.67. The molecule has 3 unspecified atom stereocenters. The van der Waals surface area contributed by atoms with E-state index in [1.165, 1.54) is 37.1 Å². The van der Waals surface area contributed by atoms with E-state index in [0.717, 1.165) is 11.8 Å². The van der Waals surface area contributed by atoms with Gasteiger partial charge in [-0.05, 0) is 36.3 Å². The molecule has 122 valence electrons. The summed E-state index contributed by atoms with van der Waals surface area (Å²) in [7, 11) is 2.27. The van der Waals surface area contributed by atoms with Crippen LogP contribution in [0.1, 0.15) is 31.7 Å². The zero-order valence-corrected chi connectivity index (χ0v) is 14.0. The van der Waals surface area contributed by atoms with E-state index in [-0.39, 0.29) is 11.5 Å². The number of fused-ring (bicyclic) bond motifs is 2. The number of para-hydroxylation sites is 1. The molecule has 0 amide bonds. The molecule has 7 rings (SSSR count). The Hall–Kier alpha value is -1.06. The van der Waals surface area contributed by atoms with Gasteiger partial charge in [0.2, 0.25) is 0 Å². The lowest BCUT2D eigenvalue weighted by atomic mass is 9.63. The number of likely N-dealkylation sites (N-methyl/N-ethyl adjacent to an activating group) is 1. The molecule has 5 aliphatic heterocycles. The largest absolute Gasteiger partial charge is 0.392 e. The number of aliphatic hydroxyl groups excluding tert-OH is 1. The molecular formula is C20H26N2O. The lowest BCUT2D eigenvalue weighted by Gasteiger charge is -2.60. The zero-order valence-electron chi connectivity index (χ0n) is 14.0. The molecule has 1 aliphatic carbocycles. The van der Waals surface area contributed by atoms with Crippen LogP contribution in [0.3, 0.4) is 0 Å². The summed E-state index contributed by atoms with van der Waals surface area (Å²) in [6, 6.07) is 10.6. The molecule has 3 heteroatoms. The van der Waals surface area contributed by atoms with E-state index >= 15 is 0 Å². The van der Waals surface area contributed by atoms with Crippen LogP contribution in [0.25, 0.3) is 0 Å². The third kappa shape index (κ3) is 1.21. The maximum Gasteiger partial charge on any atom is 0.0704 e. The number of rotatable bonds is 1. The van der Waals surface area contributed by atoms with Crippen molar-refractivity contribution in [3.8, 4) is 0 Å². The fourth-order valence-electron chi connectivity index (χ4n) is 7.75. The van der Waals surface area contributed by atoms with E-state index in [2.05, 4.69) is 48.0 Å². The van der Waals surface area contributed by atoms with Crippen LogP contribution in [0.15, 0.2) is 24.3 Å². The molecule has 9 atom stereocenters. The summed E-state index contributed by atoms with van der Waals surface area (Å²) >= 11 is 0. The van der Waals surface area contributed by atoms with Gasteiger partial charge in [0.05, 0.1) is 12.1 Å². The van der Waals surface area contributed by atoms with Gasteiger partial charge in [-0.25, -0.2) is 0 Å². The fourth-order valence-corrected chi connectivity index (χ4v) is 7.75. The highest BCUT2D eigenvalue weighted by atomic mass is 16.3. The number of benzene rings is 1. The van der Waals surface area contributed by atoms with E-state index in [1.807, 2.05) is 0 Å². The second kappa shape index (κ2) is 3.94. The molecule has 4 saturated heterocycles. The van der Waals surface area contributed by atoms with Gasteiger partial charge in [-0.2, -0.15) is 0 Å². The van der Waals surface area contributed by atoms with Gasteiger partial charge in [-0.15, -0.1) is 0 Å². The predicted molar refractivity (Wildman–Crippen MR) is 90.6 cm³/mol. The van der Waals surface area contributed by atoms with Crippen LogP contribution >= 0.6 is 0 Å². The molecule has 5 fully saturated rings. The molecule has 23 heavy (non-hydrogen) atoms. The summed E-state index contributed by atoms with van der Waals surface area (Å²) in [6.07, 6.45) is 3.60. The van der Waals surface area contributed by atoms with Crippen LogP contribution < -0.4 is 4.90 Å². The van der Waals surface area contributed by atoms with Crippen molar-refractivity contribution < 1.29 is 5.11 Å². The monoisotopic (exact) mass is 310 g/mol. The molecule has 3 nitrogen and oxygen atoms in total. The van der Waals surface area contributed by atoms with Gasteiger partial charge in [0, 0.05) is 42.7 Å². The van der Waals surface area contributed by atoms with Gasteiger partial charge in [0.15, 0.2) is 0 Å².